The van der Waals surface area contributed by atoms with Crippen molar-refractivity contribution in [1.29, 1.82) is 0 Å². The van der Waals surface area contributed by atoms with Gasteiger partial charge in [-0.2, -0.15) is 0 Å². The Hall–Kier alpha value is -2.45. The van der Waals surface area contributed by atoms with Crippen LogP contribution in [0.5, 0.6) is 0 Å². The van der Waals surface area contributed by atoms with Gasteiger partial charge in [0, 0.05) is 17.1 Å². The van der Waals surface area contributed by atoms with E-state index >= 15 is 0 Å². The van der Waals surface area contributed by atoms with Gasteiger partial charge in [-0.05, 0) is 32.9 Å². The van der Waals surface area contributed by atoms with Gasteiger partial charge in [0.1, 0.15) is 10.7 Å². The van der Waals surface area contributed by atoms with Crippen molar-refractivity contribution in [3.63, 3.8) is 0 Å². The zero-order chi connectivity index (χ0) is 18.2. The van der Waals surface area contributed by atoms with Gasteiger partial charge < -0.3 is 10.2 Å². The van der Waals surface area contributed by atoms with Crippen LogP contribution >= 0.6 is 11.3 Å². The Morgan fingerprint density at radius 1 is 1.28 bits per heavy atom. The van der Waals surface area contributed by atoms with Crippen molar-refractivity contribution < 1.29 is 14.4 Å². The van der Waals surface area contributed by atoms with Gasteiger partial charge in [-0.25, -0.2) is 15.3 Å². The highest BCUT2D eigenvalue weighted by atomic mass is 32.1. The Bertz CT molecular complexity index is 703. The molecule has 1 heterocycles. The van der Waals surface area contributed by atoms with Crippen molar-refractivity contribution >= 4 is 29.0 Å². The van der Waals surface area contributed by atoms with Gasteiger partial charge in [-0.1, -0.05) is 18.2 Å². The summed E-state index contributed by atoms with van der Waals surface area (Å²) in [6.07, 6.45) is 0. The molecule has 0 aliphatic heterocycles. The Morgan fingerprint density at radius 3 is 2.64 bits per heavy atom. The normalized spacial score (nSPS) is 10.6. The molecule has 134 valence electrons. The fraction of sp³-hybridized carbons (Fsp3) is 0.353. The number of nitrogens with zero attached hydrogens (tertiary/aromatic N) is 2. The summed E-state index contributed by atoms with van der Waals surface area (Å²) in [6, 6.07) is 9.04. The maximum Gasteiger partial charge on any atom is 0.322 e. The van der Waals surface area contributed by atoms with Crippen LogP contribution < -0.4 is 10.8 Å². The van der Waals surface area contributed by atoms with E-state index in [0.717, 1.165) is 5.69 Å². The van der Waals surface area contributed by atoms with Gasteiger partial charge in [0.25, 0.3) is 5.91 Å². The summed E-state index contributed by atoms with van der Waals surface area (Å²) in [4.78, 5) is 35.2. The number of carbonyl (C=O) groups is 2. The number of amides is 3. The summed E-state index contributed by atoms with van der Waals surface area (Å²) < 4.78 is 0. The van der Waals surface area contributed by atoms with Crippen LogP contribution in [0.15, 0.2) is 35.7 Å². The molecule has 2 rings (SSSR count). The van der Waals surface area contributed by atoms with Gasteiger partial charge in [0.05, 0.1) is 13.2 Å². The molecule has 7 nitrogen and oxygen atoms in total. The topological polar surface area (TPSA) is 83.6 Å². The fourth-order valence-corrected chi connectivity index (χ4v) is 2.80. The van der Waals surface area contributed by atoms with Crippen LogP contribution in [-0.4, -0.2) is 34.5 Å². The standard InChI is InChI=1S/C17H22N4O3S/c1-4-24-20-16(22)14-11-25-15(19-14)10-21(12(2)3)17(23)18-13-8-6-5-7-9-13/h5-9,11-12H,4,10H2,1-3H3,(H,18,23)(H,20,22). The van der Waals surface area contributed by atoms with Crippen molar-refractivity contribution in [2.75, 3.05) is 11.9 Å². The van der Waals surface area contributed by atoms with Gasteiger partial charge in [-0.3, -0.25) is 9.63 Å². The molecule has 0 bridgehead atoms. The SMILES string of the molecule is CCONC(=O)c1csc(CN(C(=O)Nc2ccccc2)C(C)C)n1. The van der Waals surface area contributed by atoms with Crippen LogP contribution in [0.4, 0.5) is 10.5 Å². The van der Waals surface area contributed by atoms with Crippen molar-refractivity contribution in [3.05, 3.63) is 46.4 Å². The summed E-state index contributed by atoms with van der Waals surface area (Å²) in [5, 5.41) is 5.19. The lowest BCUT2D eigenvalue weighted by molar-refractivity contribution is 0.0360. The lowest BCUT2D eigenvalue weighted by atomic mass is 10.3. The molecule has 1 aromatic carbocycles. The molecule has 2 N–H and O–H groups in total. The van der Waals surface area contributed by atoms with Gasteiger partial charge in [-0.15, -0.1) is 11.3 Å². The van der Waals surface area contributed by atoms with Crippen LogP contribution in [0, 0.1) is 0 Å². The average molecular weight is 362 g/mol. The number of benzene rings is 1. The van der Waals surface area contributed by atoms with Crippen LogP contribution in [0.25, 0.3) is 0 Å². The molecule has 25 heavy (non-hydrogen) atoms. The minimum Gasteiger partial charge on any atom is -0.315 e. The summed E-state index contributed by atoms with van der Waals surface area (Å²) in [5.41, 5.74) is 3.31. The highest BCUT2D eigenvalue weighted by molar-refractivity contribution is 7.09. The highest BCUT2D eigenvalue weighted by Crippen LogP contribution is 2.16. The molecule has 0 spiro atoms. The Kier molecular flexibility index (Phi) is 6.91. The van der Waals surface area contributed by atoms with Crippen LogP contribution in [0.3, 0.4) is 0 Å². The van der Waals surface area contributed by atoms with Gasteiger partial charge >= 0.3 is 6.03 Å². The van der Waals surface area contributed by atoms with E-state index in [2.05, 4.69) is 15.8 Å². The molecule has 0 saturated heterocycles. The second kappa shape index (κ2) is 9.14. The maximum absolute atomic E-state index is 12.5. The first-order valence-electron chi connectivity index (χ1n) is 8.00. The number of nitrogens with one attached hydrogen (secondary N) is 2. The number of hydrogen-bond acceptors (Lipinski definition) is 5. The third-order valence-electron chi connectivity index (χ3n) is 3.31. The molecule has 0 saturated carbocycles. The Balaban J connectivity index is 2.03. The molecule has 0 unspecified atom stereocenters. The molecular weight excluding hydrogens is 340 g/mol. The first-order valence-corrected chi connectivity index (χ1v) is 8.88. The van der Waals surface area contributed by atoms with Crippen LogP contribution in [0.2, 0.25) is 0 Å². The van der Waals surface area contributed by atoms with E-state index in [1.807, 2.05) is 44.2 Å². The smallest absolute Gasteiger partial charge is 0.315 e. The lowest BCUT2D eigenvalue weighted by Gasteiger charge is -2.26. The van der Waals surface area contributed by atoms with E-state index in [-0.39, 0.29) is 17.8 Å². The third-order valence-corrected chi connectivity index (χ3v) is 4.14. The second-order valence-electron chi connectivity index (χ2n) is 5.51. The predicted octanol–water partition coefficient (Wildman–Crippen LogP) is 3.27. The highest BCUT2D eigenvalue weighted by Gasteiger charge is 2.20. The van der Waals surface area contributed by atoms with Crippen molar-refractivity contribution in [3.8, 4) is 0 Å². The summed E-state index contributed by atoms with van der Waals surface area (Å²) >= 11 is 1.33. The lowest BCUT2D eigenvalue weighted by Crippen LogP contribution is -2.39. The largest absolute Gasteiger partial charge is 0.322 e. The van der Waals surface area contributed by atoms with E-state index in [4.69, 9.17) is 4.84 Å². The number of anilines is 1. The van der Waals surface area contributed by atoms with Crippen molar-refractivity contribution in [1.82, 2.24) is 15.4 Å². The van der Waals surface area contributed by atoms with Crippen LogP contribution in [-0.2, 0) is 11.4 Å². The second-order valence-corrected chi connectivity index (χ2v) is 6.45. The molecule has 0 aliphatic rings. The number of aromatic nitrogens is 1. The molecule has 0 fully saturated rings. The molecule has 8 heteroatoms. The number of rotatable bonds is 7. The maximum atomic E-state index is 12.5. The molecule has 2 aromatic rings. The molecular formula is C17H22N4O3S. The quantitative estimate of drug-likeness (QED) is 0.741. The Morgan fingerprint density at radius 2 is 2.00 bits per heavy atom. The first kappa shape index (κ1) is 18.9. The number of hydroxylamine groups is 1. The van der Waals surface area contributed by atoms with Crippen molar-refractivity contribution in [2.24, 2.45) is 0 Å². The summed E-state index contributed by atoms with van der Waals surface area (Å²) in [7, 11) is 0. The molecule has 3 amide bonds. The minimum absolute atomic E-state index is 0.0201. The van der Waals surface area contributed by atoms with Crippen LogP contribution in [0.1, 0.15) is 36.3 Å². The zero-order valence-corrected chi connectivity index (χ0v) is 15.3. The monoisotopic (exact) mass is 362 g/mol. The van der Waals surface area contributed by atoms with E-state index < -0.39 is 5.91 Å². The summed E-state index contributed by atoms with van der Waals surface area (Å²) in [5.74, 6) is -0.394. The number of urea groups is 1. The predicted molar refractivity (Wildman–Crippen MR) is 97.3 cm³/mol. The molecule has 1 aromatic heterocycles. The fourth-order valence-electron chi connectivity index (χ4n) is 2.03. The number of para-hydroxylation sites is 1. The van der Waals surface area contributed by atoms with E-state index in [0.29, 0.717) is 18.2 Å². The number of hydrogen-bond donors (Lipinski definition) is 2. The van der Waals surface area contributed by atoms with Gasteiger partial charge in [0.2, 0.25) is 0 Å². The van der Waals surface area contributed by atoms with E-state index in [1.165, 1.54) is 11.3 Å². The van der Waals surface area contributed by atoms with E-state index in [1.54, 1.807) is 17.2 Å². The minimum atomic E-state index is -0.394. The molecule has 0 atom stereocenters. The van der Waals surface area contributed by atoms with Gasteiger partial charge in [0.15, 0.2) is 0 Å². The number of thiazole rings is 1. The van der Waals surface area contributed by atoms with E-state index in [9.17, 15) is 9.59 Å². The zero-order valence-electron chi connectivity index (χ0n) is 14.5. The van der Waals surface area contributed by atoms with Crippen molar-refractivity contribution in [2.45, 2.75) is 33.4 Å². The third kappa shape index (κ3) is 5.54. The molecule has 0 radical (unpaired) electrons. The molecule has 0 aliphatic carbocycles. The Labute approximate surface area is 151 Å². The first-order chi connectivity index (χ1) is 12.0. The summed E-state index contributed by atoms with van der Waals surface area (Å²) in [6.45, 7) is 6.34. The number of carbonyl (C=O) groups excluding carboxylic acids is 2. The average Bonchev–Trinajstić information content (AvgIpc) is 3.07.